The number of hydrogen-bond acceptors (Lipinski definition) is 5. The van der Waals surface area contributed by atoms with Crippen LogP contribution in [-0.4, -0.2) is 9.97 Å². The quantitative estimate of drug-likeness (QED) is 0.669. The Morgan fingerprint density at radius 3 is 2.56 bits per heavy atom. The highest BCUT2D eigenvalue weighted by Crippen LogP contribution is 2.27. The third kappa shape index (κ3) is 3.11. The van der Waals surface area contributed by atoms with Crippen molar-refractivity contribution >= 4 is 39.3 Å². The number of benzene rings is 1. The molecule has 0 aliphatic heterocycles. The first kappa shape index (κ1) is 13.1. The van der Waals surface area contributed by atoms with Crippen molar-refractivity contribution in [1.82, 2.24) is 9.97 Å². The summed E-state index contributed by atoms with van der Waals surface area (Å²) in [4.78, 5) is 8.08. The molecule has 0 radical (unpaired) electrons. The first-order chi connectivity index (χ1) is 8.56. The van der Waals surface area contributed by atoms with Gasteiger partial charge >= 0.3 is 0 Å². The zero-order valence-corrected chi connectivity index (χ0v) is 11.6. The van der Waals surface area contributed by atoms with E-state index in [9.17, 15) is 4.39 Å². The molecule has 0 amide bonds. The summed E-state index contributed by atoms with van der Waals surface area (Å²) >= 11 is 4.55. The van der Waals surface area contributed by atoms with Gasteiger partial charge in [0, 0.05) is 11.8 Å². The monoisotopic (exact) mass is 328 g/mol. The van der Waals surface area contributed by atoms with Crippen LogP contribution >= 0.6 is 27.7 Å². The summed E-state index contributed by atoms with van der Waals surface area (Å²) in [6, 6.07) is 6.37. The number of nitrogens with two attached hydrogens (primary N) is 2. The van der Waals surface area contributed by atoms with Gasteiger partial charge in [-0.25, -0.2) is 14.4 Å². The van der Waals surface area contributed by atoms with Gasteiger partial charge in [-0.1, -0.05) is 23.9 Å². The van der Waals surface area contributed by atoms with E-state index in [0.29, 0.717) is 27.0 Å². The van der Waals surface area contributed by atoms with Crippen LogP contribution in [0.25, 0.3) is 0 Å². The van der Waals surface area contributed by atoms with Crippen LogP contribution in [0.1, 0.15) is 5.56 Å². The molecule has 1 heterocycles. The highest BCUT2D eigenvalue weighted by atomic mass is 79.9. The molecule has 0 bridgehead atoms. The number of nitrogens with zero attached hydrogens (tertiary/aromatic N) is 2. The highest BCUT2D eigenvalue weighted by molar-refractivity contribution is 9.10. The summed E-state index contributed by atoms with van der Waals surface area (Å²) in [5.74, 6) is 0.883. The summed E-state index contributed by atoms with van der Waals surface area (Å²) < 4.78 is 13.8. The van der Waals surface area contributed by atoms with Gasteiger partial charge in [0.05, 0.1) is 4.47 Å². The number of aromatic nitrogens is 2. The largest absolute Gasteiger partial charge is 0.383 e. The number of rotatable bonds is 3. The van der Waals surface area contributed by atoms with Crippen LogP contribution < -0.4 is 11.5 Å². The molecule has 0 unspecified atom stereocenters. The summed E-state index contributed by atoms with van der Waals surface area (Å²) in [5, 5.41) is 0.476. The minimum Gasteiger partial charge on any atom is -0.383 e. The number of anilines is 2. The van der Waals surface area contributed by atoms with E-state index in [-0.39, 0.29) is 5.82 Å². The Morgan fingerprint density at radius 2 is 1.89 bits per heavy atom. The van der Waals surface area contributed by atoms with Crippen LogP contribution in [0, 0.1) is 5.82 Å². The van der Waals surface area contributed by atoms with Crippen molar-refractivity contribution < 1.29 is 4.39 Å². The second kappa shape index (κ2) is 5.53. The molecule has 0 fully saturated rings. The van der Waals surface area contributed by atoms with Crippen molar-refractivity contribution in [3.63, 3.8) is 0 Å². The first-order valence-corrected chi connectivity index (χ1v) is 6.80. The van der Waals surface area contributed by atoms with Crippen molar-refractivity contribution in [3.8, 4) is 0 Å². The molecule has 4 N–H and O–H groups in total. The van der Waals surface area contributed by atoms with Crippen LogP contribution in [0.3, 0.4) is 0 Å². The third-order valence-electron chi connectivity index (χ3n) is 2.13. The summed E-state index contributed by atoms with van der Waals surface area (Å²) in [7, 11) is 0. The molecule has 0 saturated heterocycles. The van der Waals surface area contributed by atoms with E-state index < -0.39 is 0 Å². The average Bonchev–Trinajstić information content (AvgIpc) is 2.30. The van der Waals surface area contributed by atoms with Crippen LogP contribution in [0.4, 0.5) is 16.0 Å². The molecule has 18 heavy (non-hydrogen) atoms. The maximum atomic E-state index is 13.3. The van der Waals surface area contributed by atoms with E-state index in [1.807, 2.05) is 6.07 Å². The van der Waals surface area contributed by atoms with Crippen LogP contribution in [0.2, 0.25) is 0 Å². The molecule has 7 heteroatoms. The number of thioether (sulfide) groups is 1. The van der Waals surface area contributed by atoms with Crippen molar-refractivity contribution in [2.45, 2.75) is 10.9 Å². The second-order valence-corrected chi connectivity index (χ2v) is 5.24. The number of halogens is 2. The first-order valence-electron chi connectivity index (χ1n) is 5.02. The van der Waals surface area contributed by atoms with Crippen molar-refractivity contribution in [2.75, 3.05) is 11.5 Å². The summed E-state index contributed by atoms with van der Waals surface area (Å²) in [5.41, 5.74) is 12.0. The summed E-state index contributed by atoms with van der Waals surface area (Å²) in [6.07, 6.45) is 0. The fraction of sp³-hybridized carbons (Fsp3) is 0.0909. The molecule has 1 aromatic carbocycles. The Morgan fingerprint density at radius 1 is 1.22 bits per heavy atom. The number of nitrogen functional groups attached to an aromatic ring is 2. The van der Waals surface area contributed by atoms with Gasteiger partial charge in [-0.05, 0) is 27.6 Å². The van der Waals surface area contributed by atoms with Gasteiger partial charge in [0.1, 0.15) is 17.5 Å². The molecule has 0 spiro atoms. The predicted molar refractivity (Wildman–Crippen MR) is 74.5 cm³/mol. The van der Waals surface area contributed by atoms with Gasteiger partial charge in [-0.3, -0.25) is 0 Å². The van der Waals surface area contributed by atoms with Gasteiger partial charge in [0.25, 0.3) is 0 Å². The maximum absolute atomic E-state index is 13.3. The lowest BCUT2D eigenvalue weighted by Gasteiger charge is -2.05. The minimum atomic E-state index is -0.291. The molecule has 0 atom stereocenters. The molecule has 2 rings (SSSR count). The van der Waals surface area contributed by atoms with Gasteiger partial charge in [0.2, 0.25) is 0 Å². The smallest absolute Gasteiger partial charge is 0.191 e. The van der Waals surface area contributed by atoms with Crippen LogP contribution in [0.15, 0.2) is 33.9 Å². The lowest BCUT2D eigenvalue weighted by atomic mass is 10.2. The molecule has 0 aliphatic rings. The Kier molecular flexibility index (Phi) is 4.03. The topological polar surface area (TPSA) is 77.8 Å². The van der Waals surface area contributed by atoms with E-state index in [1.165, 1.54) is 23.9 Å². The van der Waals surface area contributed by atoms with Crippen molar-refractivity contribution in [3.05, 3.63) is 40.1 Å². The van der Waals surface area contributed by atoms with E-state index in [1.54, 1.807) is 6.07 Å². The third-order valence-corrected chi connectivity index (χ3v) is 3.92. The normalized spacial score (nSPS) is 10.6. The maximum Gasteiger partial charge on any atom is 0.191 e. The van der Waals surface area contributed by atoms with Crippen LogP contribution in [0.5, 0.6) is 0 Å². The van der Waals surface area contributed by atoms with E-state index >= 15 is 0 Å². The highest BCUT2D eigenvalue weighted by Gasteiger charge is 2.07. The van der Waals surface area contributed by atoms with Gasteiger partial charge in [-0.15, -0.1) is 0 Å². The number of hydrogen-bond donors (Lipinski definition) is 2. The van der Waals surface area contributed by atoms with Crippen LogP contribution in [-0.2, 0) is 5.75 Å². The molecule has 1 aromatic heterocycles. The standard InChI is InChI=1S/C11H10BrFN4S/c12-10-6(2-1-3-7(10)13)5-18-11-16-8(14)4-9(15)17-11/h1-4H,5H2,(H4,14,15,16,17). The minimum absolute atomic E-state index is 0.291. The molecule has 4 nitrogen and oxygen atoms in total. The van der Waals surface area contributed by atoms with E-state index in [2.05, 4.69) is 25.9 Å². The predicted octanol–water partition coefficient (Wildman–Crippen LogP) is 2.83. The molecule has 0 saturated carbocycles. The van der Waals surface area contributed by atoms with Gasteiger partial charge < -0.3 is 11.5 Å². The molecular formula is C11H10BrFN4S. The Labute approximate surface area is 116 Å². The summed E-state index contributed by atoms with van der Waals surface area (Å²) in [6.45, 7) is 0. The molecule has 2 aromatic rings. The van der Waals surface area contributed by atoms with Gasteiger partial charge in [0.15, 0.2) is 5.16 Å². The van der Waals surface area contributed by atoms with E-state index in [0.717, 1.165) is 5.56 Å². The molecule has 94 valence electrons. The van der Waals surface area contributed by atoms with Crippen molar-refractivity contribution in [1.29, 1.82) is 0 Å². The van der Waals surface area contributed by atoms with E-state index in [4.69, 9.17) is 11.5 Å². The second-order valence-electron chi connectivity index (χ2n) is 3.50. The Balaban J connectivity index is 2.14. The van der Waals surface area contributed by atoms with Gasteiger partial charge in [-0.2, -0.15) is 0 Å². The molecule has 0 aliphatic carbocycles. The van der Waals surface area contributed by atoms with Crippen molar-refractivity contribution in [2.24, 2.45) is 0 Å². The fourth-order valence-electron chi connectivity index (χ4n) is 1.33. The SMILES string of the molecule is Nc1cc(N)nc(SCc2cccc(F)c2Br)n1. The zero-order valence-electron chi connectivity index (χ0n) is 9.23. The molecular weight excluding hydrogens is 319 g/mol. The average molecular weight is 329 g/mol. The lowest BCUT2D eigenvalue weighted by Crippen LogP contribution is -1.99. The fourth-order valence-corrected chi connectivity index (χ4v) is 2.78. The lowest BCUT2D eigenvalue weighted by molar-refractivity contribution is 0.619. The Hall–Kier alpha value is -1.34. The Bertz CT molecular complexity index is 559. The zero-order chi connectivity index (χ0) is 13.1.